The number of hydrogen-bond donors (Lipinski definition) is 2. The molecule has 1 amide bonds. The Bertz CT molecular complexity index is 1200. The fourth-order valence-corrected chi connectivity index (χ4v) is 3.11. The Morgan fingerprint density at radius 1 is 1.15 bits per heavy atom. The van der Waals surface area contributed by atoms with Gasteiger partial charge in [-0.05, 0) is 35.4 Å². The number of nitrogens with one attached hydrogen (secondary N) is 1. The molecule has 0 spiro atoms. The number of benzene rings is 2. The van der Waals surface area contributed by atoms with Gasteiger partial charge in [-0.2, -0.15) is 5.26 Å². The van der Waals surface area contributed by atoms with Gasteiger partial charge in [0.15, 0.2) is 12.4 Å². The lowest BCUT2D eigenvalue weighted by Gasteiger charge is -2.12. The predicted octanol–water partition coefficient (Wildman–Crippen LogP) is 3.20. The summed E-state index contributed by atoms with van der Waals surface area (Å²) in [7, 11) is 0. The average Bonchev–Trinajstić information content (AvgIpc) is 3.13. The van der Waals surface area contributed by atoms with Crippen LogP contribution in [0.15, 0.2) is 53.6 Å². The highest BCUT2D eigenvalue weighted by Crippen LogP contribution is 2.31. The Hall–Kier alpha value is -4.24. The van der Waals surface area contributed by atoms with Crippen LogP contribution in [0.25, 0.3) is 11.1 Å². The molecule has 1 aliphatic heterocycles. The number of nitrogens with zero attached hydrogens (tertiary/aromatic N) is 1. The van der Waals surface area contributed by atoms with Gasteiger partial charge in [-0.15, -0.1) is 13.2 Å². The fourth-order valence-electron chi connectivity index (χ4n) is 3.11. The van der Waals surface area contributed by atoms with Gasteiger partial charge in [0.1, 0.15) is 17.7 Å². The number of carboxylic acid groups (broad SMARTS) is 1. The van der Waals surface area contributed by atoms with Gasteiger partial charge in [0, 0.05) is 0 Å². The summed E-state index contributed by atoms with van der Waals surface area (Å²) in [5, 5.41) is 20.5. The molecule has 8 nitrogen and oxygen atoms in total. The first kappa shape index (κ1) is 23.4. The topological polar surface area (TPSA) is 126 Å². The summed E-state index contributed by atoms with van der Waals surface area (Å²) < 4.78 is 60.6. The van der Waals surface area contributed by atoms with Crippen LogP contribution in [0.4, 0.5) is 23.2 Å². The van der Waals surface area contributed by atoms with Crippen LogP contribution in [0.5, 0.6) is 5.75 Å². The van der Waals surface area contributed by atoms with Crippen molar-refractivity contribution in [2.75, 3.05) is 5.32 Å². The molecule has 0 saturated heterocycles. The van der Waals surface area contributed by atoms with Gasteiger partial charge >= 0.3 is 12.3 Å². The summed E-state index contributed by atoms with van der Waals surface area (Å²) in [5.74, 6) is -4.35. The van der Waals surface area contributed by atoms with Gasteiger partial charge in [-0.1, -0.05) is 18.2 Å². The number of anilines is 1. The lowest BCUT2D eigenvalue weighted by atomic mass is 10.0. The monoisotopic (exact) mass is 464 g/mol. The highest BCUT2D eigenvalue weighted by atomic mass is 19.4. The summed E-state index contributed by atoms with van der Waals surface area (Å²) in [6.07, 6.45) is -8.10. The largest absolute Gasteiger partial charge is 0.573 e. The second-order valence-corrected chi connectivity index (χ2v) is 6.56. The van der Waals surface area contributed by atoms with Crippen molar-refractivity contribution in [1.82, 2.24) is 0 Å². The maximum atomic E-state index is 14.6. The number of halogens is 4. The molecule has 2 atom stereocenters. The Morgan fingerprint density at radius 3 is 2.42 bits per heavy atom. The summed E-state index contributed by atoms with van der Waals surface area (Å²) in [5.41, 5.74) is -1.46. The van der Waals surface area contributed by atoms with Gasteiger partial charge < -0.3 is 24.7 Å². The van der Waals surface area contributed by atoms with E-state index in [0.717, 1.165) is 24.3 Å². The maximum Gasteiger partial charge on any atom is 0.573 e. The van der Waals surface area contributed by atoms with Gasteiger partial charge in [-0.25, -0.2) is 9.18 Å². The van der Waals surface area contributed by atoms with E-state index < -0.39 is 58.8 Å². The van der Waals surface area contributed by atoms with E-state index in [1.165, 1.54) is 18.2 Å². The lowest BCUT2D eigenvalue weighted by molar-refractivity contribution is -0.274. The lowest BCUT2D eigenvalue weighted by Crippen LogP contribution is -2.23. The Labute approximate surface area is 182 Å². The number of ether oxygens (including phenoxy) is 2. The number of amides is 1. The number of rotatable bonds is 6. The summed E-state index contributed by atoms with van der Waals surface area (Å²) in [6.45, 7) is 0. The van der Waals surface area contributed by atoms with Crippen LogP contribution >= 0.6 is 0 Å². The molecule has 0 bridgehead atoms. The first-order chi connectivity index (χ1) is 15.5. The van der Waals surface area contributed by atoms with Crippen molar-refractivity contribution in [2.45, 2.75) is 18.6 Å². The molecular weight excluding hydrogens is 452 g/mol. The Kier molecular flexibility index (Phi) is 6.45. The molecule has 0 fully saturated rings. The van der Waals surface area contributed by atoms with E-state index in [2.05, 4.69) is 10.1 Å². The van der Waals surface area contributed by atoms with E-state index in [9.17, 15) is 37.1 Å². The number of carbonyl (C=O) groups is 3. The zero-order chi connectivity index (χ0) is 24.3. The van der Waals surface area contributed by atoms with E-state index in [1.54, 1.807) is 6.07 Å². The zero-order valence-corrected chi connectivity index (χ0v) is 16.2. The van der Waals surface area contributed by atoms with Crippen molar-refractivity contribution < 1.29 is 46.5 Å². The molecule has 0 aliphatic carbocycles. The quantitative estimate of drug-likeness (QED) is 0.497. The number of carboxylic acids is 1. The average molecular weight is 464 g/mol. The predicted molar refractivity (Wildman–Crippen MR) is 102 cm³/mol. The van der Waals surface area contributed by atoms with Crippen LogP contribution in [0.2, 0.25) is 0 Å². The van der Waals surface area contributed by atoms with Crippen molar-refractivity contribution in [3.8, 4) is 22.9 Å². The molecule has 2 aromatic rings. The first-order valence-electron chi connectivity index (χ1n) is 8.99. The number of carbonyl (C=O) groups excluding carboxylic acids is 2. The molecule has 0 radical (unpaired) electrons. The first-order valence-corrected chi connectivity index (χ1v) is 8.99. The smallest absolute Gasteiger partial charge is 0.478 e. The third-order valence-electron chi connectivity index (χ3n) is 4.45. The minimum absolute atomic E-state index is 0.111. The number of nitriles is 1. The summed E-state index contributed by atoms with van der Waals surface area (Å²) in [4.78, 5) is 35.1. The van der Waals surface area contributed by atoms with Crippen molar-refractivity contribution in [1.29, 1.82) is 5.26 Å². The Morgan fingerprint density at radius 2 is 1.85 bits per heavy atom. The van der Waals surface area contributed by atoms with E-state index >= 15 is 0 Å². The molecular formula is C21H12F4N2O6. The normalized spacial score (nSPS) is 17.9. The van der Waals surface area contributed by atoms with Gasteiger partial charge in [0.05, 0.1) is 22.9 Å². The van der Waals surface area contributed by atoms with Crippen molar-refractivity contribution >= 4 is 23.9 Å². The molecule has 2 N–H and O–H groups in total. The second kappa shape index (κ2) is 9.09. The second-order valence-electron chi connectivity index (χ2n) is 6.56. The molecule has 170 valence electrons. The fraction of sp³-hybridized carbons (Fsp3) is 0.143. The summed E-state index contributed by atoms with van der Waals surface area (Å²) in [6, 6.07) is 9.65. The third-order valence-corrected chi connectivity index (χ3v) is 4.45. The maximum absolute atomic E-state index is 14.6. The number of aldehydes is 1. The van der Waals surface area contributed by atoms with Crippen molar-refractivity contribution in [2.24, 2.45) is 0 Å². The molecule has 1 aliphatic rings. The zero-order valence-electron chi connectivity index (χ0n) is 16.2. The minimum atomic E-state index is -4.91. The van der Waals surface area contributed by atoms with E-state index in [1.807, 2.05) is 0 Å². The number of aliphatic carboxylic acids is 1. The molecule has 0 aromatic heterocycles. The Balaban J connectivity index is 1.88. The van der Waals surface area contributed by atoms with Crippen molar-refractivity contribution in [3.63, 3.8) is 0 Å². The third kappa shape index (κ3) is 5.16. The van der Waals surface area contributed by atoms with Crippen LogP contribution < -0.4 is 10.1 Å². The standard InChI is InChI=1S/C21H12F4N2O6/c22-13-7-11(10-2-1-3-12(6-10)33-21(23,24)25)4-5-14(13)27-19(29)17-15(8-26)32-16(9-28)18(17)20(30)31/h1-7,9,15-16H,(H,27,29)(H,30,31). The van der Waals surface area contributed by atoms with E-state index in [4.69, 9.17) is 10.00 Å². The van der Waals surface area contributed by atoms with Gasteiger partial charge in [0.25, 0.3) is 5.91 Å². The molecule has 3 rings (SSSR count). The van der Waals surface area contributed by atoms with Crippen molar-refractivity contribution in [3.05, 3.63) is 59.4 Å². The SMILES string of the molecule is N#CC1OC(C=O)C(C(=O)O)=C1C(=O)Nc1ccc(-c2cccc(OC(F)(F)F)c2)cc1F. The van der Waals surface area contributed by atoms with Crippen LogP contribution in [-0.4, -0.2) is 41.8 Å². The molecule has 2 aromatic carbocycles. The highest BCUT2D eigenvalue weighted by molar-refractivity contribution is 6.12. The number of alkyl halides is 3. The summed E-state index contributed by atoms with van der Waals surface area (Å²) >= 11 is 0. The van der Waals surface area contributed by atoms with Crippen LogP contribution in [0.1, 0.15) is 0 Å². The molecule has 33 heavy (non-hydrogen) atoms. The number of hydrogen-bond acceptors (Lipinski definition) is 6. The van der Waals surface area contributed by atoms with Gasteiger partial charge in [-0.3, -0.25) is 4.79 Å². The molecule has 12 heteroatoms. The molecule has 0 saturated carbocycles. The van der Waals surface area contributed by atoms with Crippen LogP contribution in [0, 0.1) is 17.1 Å². The highest BCUT2D eigenvalue weighted by Gasteiger charge is 2.42. The van der Waals surface area contributed by atoms with E-state index in [-0.39, 0.29) is 17.4 Å². The van der Waals surface area contributed by atoms with Gasteiger partial charge in [0.2, 0.25) is 0 Å². The minimum Gasteiger partial charge on any atom is -0.478 e. The van der Waals surface area contributed by atoms with Crippen LogP contribution in [-0.2, 0) is 19.1 Å². The molecule has 2 unspecified atom stereocenters. The van der Waals surface area contributed by atoms with E-state index in [0.29, 0.717) is 0 Å². The van der Waals surface area contributed by atoms with Crippen LogP contribution in [0.3, 0.4) is 0 Å². The molecule has 1 heterocycles.